The third-order valence-electron chi connectivity index (χ3n) is 3.64. The van der Waals surface area contributed by atoms with E-state index in [0.717, 1.165) is 11.8 Å². The van der Waals surface area contributed by atoms with Crippen molar-refractivity contribution in [2.45, 2.75) is 18.1 Å². The van der Waals surface area contributed by atoms with Crippen LogP contribution in [0.5, 0.6) is 0 Å². The molecule has 2 N–H and O–H groups in total. The largest absolute Gasteiger partial charge is 0.416 e. The number of benzene rings is 1. The van der Waals surface area contributed by atoms with Crippen LogP contribution in [-0.2, 0) is 16.0 Å². The third-order valence-corrected chi connectivity index (χ3v) is 4.71. The zero-order valence-corrected chi connectivity index (χ0v) is 15.7. The maximum absolute atomic E-state index is 11.9. The van der Waals surface area contributed by atoms with Crippen LogP contribution in [-0.4, -0.2) is 51.8 Å². The van der Waals surface area contributed by atoms with Crippen molar-refractivity contribution in [2.24, 2.45) is 0 Å². The maximum Gasteiger partial charge on any atom is 0.324 e. The highest BCUT2D eigenvalue weighted by Gasteiger charge is 2.23. The summed E-state index contributed by atoms with van der Waals surface area (Å²) in [5.74, 6) is -0.0115. The van der Waals surface area contributed by atoms with Crippen molar-refractivity contribution < 1.29 is 18.8 Å². The molecule has 4 amide bonds. The first-order valence-corrected chi connectivity index (χ1v) is 9.45. The average Bonchev–Trinajstić information content (AvgIpc) is 3.09. The molecule has 1 aliphatic heterocycles. The number of rotatable bonds is 7. The number of imide groups is 1. The highest BCUT2D eigenvalue weighted by Crippen LogP contribution is 2.18. The van der Waals surface area contributed by atoms with Gasteiger partial charge >= 0.3 is 6.03 Å². The topological polar surface area (TPSA) is 117 Å². The molecular weight excluding hydrogens is 394 g/mol. The molecule has 0 spiro atoms. The standard InChI is InChI=1S/C16H16ClN5O4S/c17-10-1-3-11(4-2-10)18-13(24)9-27-16-21-20-14(26-16)6-8-22-7-5-12(23)19-15(22)25/h1-4H,5-9H2,(H,18,24)(H,19,23,25). The van der Waals surface area contributed by atoms with Crippen LogP contribution in [0.4, 0.5) is 10.5 Å². The van der Waals surface area contributed by atoms with Crippen LogP contribution < -0.4 is 10.6 Å². The van der Waals surface area contributed by atoms with Crippen LogP contribution in [0.15, 0.2) is 33.9 Å². The summed E-state index contributed by atoms with van der Waals surface area (Å²) in [6.07, 6.45) is 0.644. The number of aromatic nitrogens is 2. The van der Waals surface area contributed by atoms with Crippen LogP contribution in [0.2, 0.25) is 5.02 Å². The van der Waals surface area contributed by atoms with Gasteiger partial charge in [0.2, 0.25) is 17.7 Å². The van der Waals surface area contributed by atoms with Gasteiger partial charge in [0, 0.05) is 36.6 Å². The Morgan fingerprint density at radius 2 is 2.07 bits per heavy atom. The van der Waals surface area contributed by atoms with E-state index in [1.165, 1.54) is 4.90 Å². The van der Waals surface area contributed by atoms with Gasteiger partial charge in [0.05, 0.1) is 5.75 Å². The molecule has 0 aliphatic carbocycles. The van der Waals surface area contributed by atoms with Gasteiger partial charge in [0.1, 0.15) is 0 Å². The number of urea groups is 1. The van der Waals surface area contributed by atoms with E-state index in [4.69, 9.17) is 16.0 Å². The van der Waals surface area contributed by atoms with Crippen LogP contribution in [0, 0.1) is 0 Å². The van der Waals surface area contributed by atoms with E-state index < -0.39 is 6.03 Å². The number of anilines is 1. The summed E-state index contributed by atoms with van der Waals surface area (Å²) in [6.45, 7) is 0.730. The summed E-state index contributed by atoms with van der Waals surface area (Å²) in [7, 11) is 0. The zero-order chi connectivity index (χ0) is 19.2. The molecule has 0 unspecified atom stereocenters. The Balaban J connectivity index is 1.42. The number of thioether (sulfide) groups is 1. The Morgan fingerprint density at radius 1 is 1.30 bits per heavy atom. The number of nitrogens with zero attached hydrogens (tertiary/aromatic N) is 3. The third kappa shape index (κ3) is 5.69. The molecule has 142 valence electrons. The molecule has 27 heavy (non-hydrogen) atoms. The van der Waals surface area contributed by atoms with Crippen molar-refractivity contribution in [3.8, 4) is 0 Å². The smallest absolute Gasteiger partial charge is 0.324 e. The van der Waals surface area contributed by atoms with E-state index in [1.54, 1.807) is 24.3 Å². The molecular formula is C16H16ClN5O4S. The second-order valence-electron chi connectivity index (χ2n) is 5.65. The molecule has 1 aromatic heterocycles. The Hall–Kier alpha value is -2.59. The molecule has 0 bridgehead atoms. The highest BCUT2D eigenvalue weighted by molar-refractivity contribution is 7.99. The monoisotopic (exact) mass is 409 g/mol. The van der Waals surface area contributed by atoms with Crippen LogP contribution in [0.1, 0.15) is 12.3 Å². The molecule has 0 atom stereocenters. The zero-order valence-electron chi connectivity index (χ0n) is 14.1. The molecule has 11 heteroatoms. The molecule has 0 radical (unpaired) electrons. The fourth-order valence-electron chi connectivity index (χ4n) is 2.30. The molecule has 9 nitrogen and oxygen atoms in total. The van der Waals surface area contributed by atoms with Gasteiger partial charge in [-0.3, -0.25) is 14.9 Å². The Kier molecular flexibility index (Phi) is 6.30. The van der Waals surface area contributed by atoms with Crippen molar-refractivity contribution in [2.75, 3.05) is 24.2 Å². The van der Waals surface area contributed by atoms with E-state index in [0.29, 0.717) is 36.1 Å². The van der Waals surface area contributed by atoms with E-state index in [-0.39, 0.29) is 29.2 Å². The summed E-state index contributed by atoms with van der Waals surface area (Å²) in [4.78, 5) is 36.2. The number of hydrogen-bond donors (Lipinski definition) is 2. The van der Waals surface area contributed by atoms with E-state index in [1.807, 2.05) is 0 Å². The quantitative estimate of drug-likeness (QED) is 0.671. The number of carbonyl (C=O) groups excluding carboxylic acids is 3. The predicted molar refractivity (Wildman–Crippen MR) is 98.5 cm³/mol. The first kappa shape index (κ1) is 19.2. The molecule has 2 aromatic rings. The van der Waals surface area contributed by atoms with Crippen molar-refractivity contribution in [1.29, 1.82) is 0 Å². The van der Waals surface area contributed by atoms with Crippen molar-refractivity contribution in [3.63, 3.8) is 0 Å². The normalized spacial score (nSPS) is 14.2. The van der Waals surface area contributed by atoms with Gasteiger partial charge in [-0.1, -0.05) is 23.4 Å². The minimum absolute atomic E-state index is 0.112. The van der Waals surface area contributed by atoms with Gasteiger partial charge < -0.3 is 14.6 Å². The lowest BCUT2D eigenvalue weighted by atomic mass is 10.3. The predicted octanol–water partition coefficient (Wildman–Crippen LogP) is 1.94. The molecule has 1 saturated heterocycles. The van der Waals surface area contributed by atoms with Gasteiger partial charge in [-0.05, 0) is 24.3 Å². The fraction of sp³-hybridized carbons (Fsp3) is 0.312. The number of hydrogen-bond acceptors (Lipinski definition) is 7. The SMILES string of the molecule is O=C1CCN(CCc2nnc(SCC(=O)Nc3ccc(Cl)cc3)o2)C(=O)N1. The lowest BCUT2D eigenvalue weighted by Gasteiger charge is -2.25. The van der Waals surface area contributed by atoms with Gasteiger partial charge in [-0.2, -0.15) is 0 Å². The summed E-state index contributed by atoms with van der Waals surface area (Å²) in [5, 5.41) is 13.6. The van der Waals surface area contributed by atoms with Gasteiger partial charge in [0.15, 0.2) is 0 Å². The molecule has 1 fully saturated rings. The average molecular weight is 410 g/mol. The highest BCUT2D eigenvalue weighted by atomic mass is 35.5. The summed E-state index contributed by atoms with van der Waals surface area (Å²) in [6, 6.07) is 6.37. The molecule has 1 aliphatic rings. The minimum Gasteiger partial charge on any atom is -0.416 e. The lowest BCUT2D eigenvalue weighted by Crippen LogP contribution is -2.49. The van der Waals surface area contributed by atoms with Crippen molar-refractivity contribution in [3.05, 3.63) is 35.2 Å². The Morgan fingerprint density at radius 3 is 2.81 bits per heavy atom. The van der Waals surface area contributed by atoms with E-state index >= 15 is 0 Å². The van der Waals surface area contributed by atoms with Crippen molar-refractivity contribution in [1.82, 2.24) is 20.4 Å². The lowest BCUT2D eigenvalue weighted by molar-refractivity contribution is -0.121. The van der Waals surface area contributed by atoms with Gasteiger partial charge in [-0.25, -0.2) is 4.79 Å². The Labute approximate surface area is 163 Å². The summed E-state index contributed by atoms with van der Waals surface area (Å²) in [5.41, 5.74) is 0.648. The maximum atomic E-state index is 11.9. The number of carbonyl (C=O) groups is 3. The van der Waals surface area contributed by atoms with Crippen LogP contribution >= 0.6 is 23.4 Å². The van der Waals surface area contributed by atoms with Gasteiger partial charge in [-0.15, -0.1) is 10.2 Å². The number of halogens is 1. The first-order chi connectivity index (χ1) is 13.0. The molecule has 1 aromatic carbocycles. The van der Waals surface area contributed by atoms with Crippen molar-refractivity contribution >= 4 is 46.9 Å². The number of amides is 4. The van der Waals surface area contributed by atoms with Gasteiger partial charge in [0.25, 0.3) is 5.22 Å². The minimum atomic E-state index is -0.417. The molecule has 3 rings (SSSR count). The van der Waals surface area contributed by atoms with Crippen LogP contribution in [0.25, 0.3) is 0 Å². The summed E-state index contributed by atoms with van der Waals surface area (Å²) >= 11 is 6.91. The summed E-state index contributed by atoms with van der Waals surface area (Å²) < 4.78 is 5.47. The Bertz CT molecular complexity index is 842. The first-order valence-electron chi connectivity index (χ1n) is 8.09. The molecule has 2 heterocycles. The molecule has 0 saturated carbocycles. The second kappa shape index (κ2) is 8.87. The fourth-order valence-corrected chi connectivity index (χ4v) is 3.00. The van der Waals surface area contributed by atoms with E-state index in [9.17, 15) is 14.4 Å². The number of nitrogens with one attached hydrogen (secondary N) is 2. The second-order valence-corrected chi connectivity index (χ2v) is 7.01. The van der Waals surface area contributed by atoms with E-state index in [2.05, 4.69) is 20.8 Å². The van der Waals surface area contributed by atoms with Crippen LogP contribution in [0.3, 0.4) is 0 Å².